The van der Waals surface area contributed by atoms with E-state index in [1.807, 2.05) is 109 Å². The van der Waals surface area contributed by atoms with Crippen molar-refractivity contribution in [2.75, 3.05) is 26.2 Å². The van der Waals surface area contributed by atoms with Crippen LogP contribution in [-0.2, 0) is 25.2 Å². The summed E-state index contributed by atoms with van der Waals surface area (Å²) in [6, 6.07) is 41.0. The van der Waals surface area contributed by atoms with Gasteiger partial charge in [-0.15, -0.1) is 0 Å². The first-order valence-corrected chi connectivity index (χ1v) is 16.1. The van der Waals surface area contributed by atoms with Gasteiger partial charge in [0.05, 0.1) is 49.7 Å². The molecule has 7 heteroatoms. The zero-order valence-electron chi connectivity index (χ0n) is 27.3. The van der Waals surface area contributed by atoms with Crippen LogP contribution in [0.5, 0.6) is 17.2 Å². The van der Waals surface area contributed by atoms with Gasteiger partial charge in [0.2, 0.25) is 11.8 Å². The number of anilines is 1. The smallest absolute Gasteiger partial charge is 0.239 e. The lowest BCUT2D eigenvalue weighted by molar-refractivity contribution is -0.130. The Labute approximate surface area is 284 Å². The van der Waals surface area contributed by atoms with Gasteiger partial charge in [-0.05, 0) is 81.9 Å². The maximum Gasteiger partial charge on any atom is 0.239 e. The standard InChI is InChI=1S/C42H33NO6/c1-47-31-20-14-26(15-21-31)34-35(27-16-22-32(48-2)23-17-27)42(29-12-8-5-9-13-29)37-36(41(34,40(42)46)28-10-6-4-7-11-28)38(44)43(39(37)45)30-18-24-33(49-3)25-19-30/h4-25,36-37H,1-3H3/t36-,37+,41-,42+. The number of ether oxygens (including phenoxy) is 3. The van der Waals surface area contributed by atoms with Gasteiger partial charge in [0.15, 0.2) is 5.78 Å². The fraction of sp³-hybridized carbons (Fsp3) is 0.167. The summed E-state index contributed by atoms with van der Waals surface area (Å²) in [6.45, 7) is 0. The van der Waals surface area contributed by atoms with Gasteiger partial charge < -0.3 is 14.2 Å². The molecule has 242 valence electrons. The number of allylic oxidation sites excluding steroid dienone is 2. The van der Waals surface area contributed by atoms with Gasteiger partial charge in [-0.3, -0.25) is 14.4 Å². The summed E-state index contributed by atoms with van der Waals surface area (Å²) in [5.74, 6) is -1.11. The Morgan fingerprint density at radius 3 is 1.16 bits per heavy atom. The van der Waals surface area contributed by atoms with Gasteiger partial charge in [0.1, 0.15) is 17.2 Å². The Kier molecular flexibility index (Phi) is 7.03. The van der Waals surface area contributed by atoms with Crippen molar-refractivity contribution in [3.05, 3.63) is 156 Å². The predicted molar refractivity (Wildman–Crippen MR) is 187 cm³/mol. The lowest BCUT2D eigenvalue weighted by atomic mass is 9.59. The summed E-state index contributed by atoms with van der Waals surface area (Å²) in [7, 11) is 4.78. The van der Waals surface area contributed by atoms with Crippen LogP contribution in [0, 0.1) is 11.8 Å². The third kappa shape index (κ3) is 3.99. The largest absolute Gasteiger partial charge is 0.497 e. The molecular formula is C42H33NO6. The molecule has 1 aliphatic heterocycles. The van der Waals surface area contributed by atoms with E-state index in [1.54, 1.807) is 45.6 Å². The van der Waals surface area contributed by atoms with Crippen molar-refractivity contribution >= 4 is 34.4 Å². The number of hydrogen-bond donors (Lipinski definition) is 0. The first kappa shape index (κ1) is 30.4. The molecule has 0 radical (unpaired) electrons. The van der Waals surface area contributed by atoms with Gasteiger partial charge in [-0.1, -0.05) is 84.9 Å². The van der Waals surface area contributed by atoms with Crippen LogP contribution in [0.4, 0.5) is 5.69 Å². The van der Waals surface area contributed by atoms with E-state index in [-0.39, 0.29) is 5.78 Å². The normalized spacial score (nSPS) is 24.0. The Morgan fingerprint density at radius 1 is 0.469 bits per heavy atom. The molecule has 1 saturated heterocycles. The van der Waals surface area contributed by atoms with E-state index in [0.29, 0.717) is 45.2 Å². The van der Waals surface area contributed by atoms with Crippen molar-refractivity contribution in [1.29, 1.82) is 0 Å². The number of hydrogen-bond acceptors (Lipinski definition) is 6. The molecule has 3 aliphatic rings. The number of methoxy groups -OCH3 is 3. The van der Waals surface area contributed by atoms with Crippen molar-refractivity contribution in [3.63, 3.8) is 0 Å². The molecule has 0 spiro atoms. The number of Topliss-reactive ketones (excluding diaryl/α,β-unsaturated/α-hetero) is 1. The second-order valence-corrected chi connectivity index (χ2v) is 12.5. The van der Waals surface area contributed by atoms with E-state index in [2.05, 4.69) is 0 Å². The molecule has 1 saturated carbocycles. The van der Waals surface area contributed by atoms with E-state index >= 15 is 14.4 Å². The SMILES string of the molecule is COc1ccc(C2=C(c3ccc(OC)cc3)[C@@]3(c4ccccc4)C(=O)[C@]2(c2ccccc2)[C@@H]2C(=O)N(c4ccc(OC)cc4)C(=O)[C@@H]23)cc1. The van der Waals surface area contributed by atoms with Crippen LogP contribution in [0.25, 0.3) is 11.1 Å². The zero-order chi connectivity index (χ0) is 33.9. The summed E-state index contributed by atoms with van der Waals surface area (Å²) >= 11 is 0. The highest BCUT2D eigenvalue weighted by Crippen LogP contribution is 2.74. The summed E-state index contributed by atoms with van der Waals surface area (Å²) in [6.07, 6.45) is 0. The first-order chi connectivity index (χ1) is 23.9. The van der Waals surface area contributed by atoms with Crippen LogP contribution < -0.4 is 19.1 Å². The van der Waals surface area contributed by atoms with Crippen LogP contribution in [-0.4, -0.2) is 38.9 Å². The third-order valence-corrected chi connectivity index (χ3v) is 10.5. The van der Waals surface area contributed by atoms with Crippen LogP contribution in [0.15, 0.2) is 133 Å². The highest BCUT2D eigenvalue weighted by molar-refractivity contribution is 6.39. The van der Waals surface area contributed by atoms with Gasteiger partial charge in [0, 0.05) is 0 Å². The van der Waals surface area contributed by atoms with Crippen LogP contribution in [0.3, 0.4) is 0 Å². The lowest BCUT2D eigenvalue weighted by Crippen LogP contribution is -2.45. The summed E-state index contributed by atoms with van der Waals surface area (Å²) in [4.78, 5) is 47.5. The maximum atomic E-state index is 16.0. The topological polar surface area (TPSA) is 82.1 Å². The second kappa shape index (κ2) is 11.3. The van der Waals surface area contributed by atoms with E-state index in [1.165, 1.54) is 4.90 Å². The molecule has 4 atom stereocenters. The summed E-state index contributed by atoms with van der Waals surface area (Å²) in [5.41, 5.74) is 1.71. The van der Waals surface area contributed by atoms with E-state index in [9.17, 15) is 0 Å². The molecule has 49 heavy (non-hydrogen) atoms. The van der Waals surface area contributed by atoms with Crippen LogP contribution in [0.2, 0.25) is 0 Å². The van der Waals surface area contributed by atoms with Gasteiger partial charge in [-0.2, -0.15) is 0 Å². The first-order valence-electron chi connectivity index (χ1n) is 16.1. The number of rotatable bonds is 8. The molecule has 0 N–H and O–H groups in total. The molecular weight excluding hydrogens is 614 g/mol. The maximum absolute atomic E-state index is 16.0. The number of ketones is 1. The average Bonchev–Trinajstić information content (AvgIpc) is 3.67. The number of amides is 2. The Bertz CT molecular complexity index is 2000. The average molecular weight is 648 g/mol. The Morgan fingerprint density at radius 2 is 0.816 bits per heavy atom. The predicted octanol–water partition coefficient (Wildman–Crippen LogP) is 6.90. The minimum absolute atomic E-state index is 0.180. The molecule has 8 rings (SSSR count). The molecule has 2 amide bonds. The lowest BCUT2D eigenvalue weighted by Gasteiger charge is -2.39. The van der Waals surface area contributed by atoms with Crippen LogP contribution >= 0.6 is 0 Å². The molecule has 1 heterocycles. The fourth-order valence-electron chi connectivity index (χ4n) is 8.63. The molecule has 0 unspecified atom stereocenters. The van der Waals surface area contributed by atoms with Crippen LogP contribution in [0.1, 0.15) is 22.3 Å². The van der Waals surface area contributed by atoms with Crippen molar-refractivity contribution < 1.29 is 28.6 Å². The second-order valence-electron chi connectivity index (χ2n) is 12.5. The fourth-order valence-corrected chi connectivity index (χ4v) is 8.63. The number of carbonyl (C=O) groups is 3. The molecule has 2 fully saturated rings. The third-order valence-electron chi connectivity index (χ3n) is 10.5. The summed E-state index contributed by atoms with van der Waals surface area (Å²) in [5, 5.41) is 0. The molecule has 5 aromatic rings. The van der Waals surface area contributed by atoms with Gasteiger partial charge in [0.25, 0.3) is 0 Å². The van der Waals surface area contributed by atoms with Crippen molar-refractivity contribution in [2.24, 2.45) is 11.8 Å². The van der Waals surface area contributed by atoms with Gasteiger partial charge in [-0.25, -0.2) is 4.90 Å². The van der Waals surface area contributed by atoms with Crippen molar-refractivity contribution in [2.45, 2.75) is 10.8 Å². The summed E-state index contributed by atoms with van der Waals surface area (Å²) < 4.78 is 16.4. The van der Waals surface area contributed by atoms with E-state index in [0.717, 1.165) is 11.1 Å². The Hall–Kier alpha value is -5.95. The molecule has 7 nitrogen and oxygen atoms in total. The molecule has 2 bridgehead atoms. The zero-order valence-corrected chi connectivity index (χ0v) is 27.3. The van der Waals surface area contributed by atoms with Gasteiger partial charge >= 0.3 is 0 Å². The molecule has 0 aromatic heterocycles. The number of imide groups is 1. The molecule has 5 aromatic carbocycles. The monoisotopic (exact) mass is 647 g/mol. The Balaban J connectivity index is 1.52. The van der Waals surface area contributed by atoms with E-state index < -0.39 is 34.5 Å². The van der Waals surface area contributed by atoms with E-state index in [4.69, 9.17) is 14.2 Å². The highest BCUT2D eigenvalue weighted by Gasteiger charge is 2.82. The molecule has 2 aliphatic carbocycles. The number of benzene rings is 5. The van der Waals surface area contributed by atoms with Crippen molar-refractivity contribution in [1.82, 2.24) is 0 Å². The number of fused-ring (bicyclic) bond motifs is 5. The van der Waals surface area contributed by atoms with Crippen molar-refractivity contribution in [3.8, 4) is 17.2 Å². The highest BCUT2D eigenvalue weighted by atomic mass is 16.5. The number of nitrogens with zero attached hydrogens (tertiary/aromatic N) is 1. The quantitative estimate of drug-likeness (QED) is 0.171. The minimum atomic E-state index is -1.50. The minimum Gasteiger partial charge on any atom is -0.497 e. The number of carbonyl (C=O) groups excluding carboxylic acids is 3.